The number of rotatable bonds is 4. The fourth-order valence-corrected chi connectivity index (χ4v) is 2.01. The molecule has 0 bridgehead atoms. The normalized spacial score (nSPS) is 10.3. The Morgan fingerprint density at radius 3 is 2.80 bits per heavy atom. The Hall–Kier alpha value is -2.21. The number of hydrogen-bond acceptors (Lipinski definition) is 4. The van der Waals surface area contributed by atoms with Gasteiger partial charge in [0.15, 0.2) is 5.69 Å². The van der Waals surface area contributed by atoms with Crippen LogP contribution in [0.1, 0.15) is 18.3 Å². The molecule has 6 heteroatoms. The van der Waals surface area contributed by atoms with E-state index in [1.807, 2.05) is 31.2 Å². The van der Waals surface area contributed by atoms with E-state index >= 15 is 0 Å². The molecule has 2 N–H and O–H groups in total. The predicted molar refractivity (Wildman–Crippen MR) is 81.6 cm³/mol. The van der Waals surface area contributed by atoms with Crippen molar-refractivity contribution in [3.8, 4) is 11.4 Å². The van der Waals surface area contributed by atoms with Crippen LogP contribution in [0.15, 0.2) is 35.1 Å². The molecule has 0 spiro atoms. The van der Waals surface area contributed by atoms with Crippen LogP contribution in [0.5, 0.6) is 5.75 Å². The number of thiocarbonyl (C=S) groups is 1. The molecule has 0 radical (unpaired) electrons. The summed E-state index contributed by atoms with van der Waals surface area (Å²) in [6.07, 6.45) is 0. The van der Waals surface area contributed by atoms with Crippen molar-refractivity contribution in [3.63, 3.8) is 0 Å². The Morgan fingerprint density at radius 1 is 1.45 bits per heavy atom. The third kappa shape index (κ3) is 2.70. The molecule has 2 aromatic rings. The van der Waals surface area contributed by atoms with Crippen LogP contribution in [0.2, 0.25) is 0 Å². The van der Waals surface area contributed by atoms with Crippen molar-refractivity contribution in [1.82, 2.24) is 9.78 Å². The second-order valence-electron chi connectivity index (χ2n) is 4.18. The summed E-state index contributed by atoms with van der Waals surface area (Å²) in [5.41, 5.74) is 6.76. The van der Waals surface area contributed by atoms with E-state index in [1.165, 1.54) is 6.07 Å². The zero-order chi connectivity index (χ0) is 14.7. The zero-order valence-corrected chi connectivity index (χ0v) is 12.1. The van der Waals surface area contributed by atoms with Gasteiger partial charge >= 0.3 is 0 Å². The minimum atomic E-state index is -0.278. The Balaban J connectivity index is 2.67. The van der Waals surface area contributed by atoms with E-state index < -0.39 is 0 Å². The summed E-state index contributed by atoms with van der Waals surface area (Å²) in [4.78, 5) is 11.8. The van der Waals surface area contributed by atoms with Gasteiger partial charge in [-0.2, -0.15) is 5.10 Å². The van der Waals surface area contributed by atoms with Crippen molar-refractivity contribution in [2.24, 2.45) is 5.73 Å². The van der Waals surface area contributed by atoms with Crippen LogP contribution in [-0.2, 0) is 0 Å². The minimum absolute atomic E-state index is 0.0161. The van der Waals surface area contributed by atoms with Crippen molar-refractivity contribution in [2.75, 3.05) is 6.61 Å². The van der Waals surface area contributed by atoms with Crippen LogP contribution >= 0.6 is 12.2 Å². The van der Waals surface area contributed by atoms with Gasteiger partial charge in [-0.25, -0.2) is 4.68 Å². The number of para-hydroxylation sites is 2. The third-order valence-electron chi connectivity index (χ3n) is 2.73. The lowest BCUT2D eigenvalue weighted by Gasteiger charge is -2.14. The molecule has 20 heavy (non-hydrogen) atoms. The van der Waals surface area contributed by atoms with Crippen LogP contribution in [-0.4, -0.2) is 21.4 Å². The monoisotopic (exact) mass is 289 g/mol. The molecule has 0 saturated heterocycles. The first-order valence-electron chi connectivity index (χ1n) is 6.17. The van der Waals surface area contributed by atoms with E-state index in [0.29, 0.717) is 18.1 Å². The molecule has 0 aliphatic carbocycles. The van der Waals surface area contributed by atoms with Crippen molar-refractivity contribution in [1.29, 1.82) is 0 Å². The van der Waals surface area contributed by atoms with Crippen molar-refractivity contribution < 1.29 is 4.74 Å². The first-order valence-corrected chi connectivity index (χ1v) is 6.58. The lowest BCUT2D eigenvalue weighted by molar-refractivity contribution is 0.338. The topological polar surface area (TPSA) is 70.1 Å². The molecule has 0 saturated carbocycles. The number of aryl methyl sites for hydroxylation is 1. The average molecular weight is 289 g/mol. The Morgan fingerprint density at radius 2 is 2.15 bits per heavy atom. The van der Waals surface area contributed by atoms with Gasteiger partial charge in [-0.05, 0) is 26.0 Å². The van der Waals surface area contributed by atoms with E-state index in [2.05, 4.69) is 5.10 Å². The first kappa shape index (κ1) is 14.2. The SMILES string of the molecule is CCOc1ccccc1-n1nc(C(N)=S)c(=O)cc1C. The molecular weight excluding hydrogens is 274 g/mol. The van der Waals surface area contributed by atoms with Crippen LogP contribution in [0.3, 0.4) is 0 Å². The van der Waals surface area contributed by atoms with Crippen molar-refractivity contribution in [2.45, 2.75) is 13.8 Å². The van der Waals surface area contributed by atoms with Crippen LogP contribution in [0, 0.1) is 6.92 Å². The molecule has 2 rings (SSSR count). The highest BCUT2D eigenvalue weighted by Crippen LogP contribution is 2.22. The lowest BCUT2D eigenvalue weighted by Crippen LogP contribution is -2.26. The van der Waals surface area contributed by atoms with E-state index in [4.69, 9.17) is 22.7 Å². The molecule has 0 aliphatic heterocycles. The van der Waals surface area contributed by atoms with Crippen molar-refractivity contribution in [3.05, 3.63) is 51.9 Å². The van der Waals surface area contributed by atoms with E-state index in [9.17, 15) is 4.79 Å². The third-order valence-corrected chi connectivity index (χ3v) is 2.93. The molecule has 0 atom stereocenters. The lowest BCUT2D eigenvalue weighted by atomic mass is 10.2. The van der Waals surface area contributed by atoms with Crippen LogP contribution in [0.4, 0.5) is 0 Å². The fraction of sp³-hybridized carbons (Fsp3) is 0.214. The Kier molecular flexibility index (Phi) is 4.14. The van der Waals surface area contributed by atoms with E-state index in [-0.39, 0.29) is 16.1 Å². The number of hydrogen-bond donors (Lipinski definition) is 1. The van der Waals surface area contributed by atoms with Crippen molar-refractivity contribution >= 4 is 17.2 Å². The van der Waals surface area contributed by atoms with Gasteiger partial charge < -0.3 is 10.5 Å². The largest absolute Gasteiger partial charge is 0.492 e. The Labute approximate surface area is 122 Å². The molecule has 0 unspecified atom stereocenters. The first-order chi connectivity index (χ1) is 9.54. The number of aromatic nitrogens is 2. The second kappa shape index (κ2) is 5.83. The highest BCUT2D eigenvalue weighted by atomic mass is 32.1. The second-order valence-corrected chi connectivity index (χ2v) is 4.62. The van der Waals surface area contributed by atoms with Crippen LogP contribution < -0.4 is 15.9 Å². The van der Waals surface area contributed by atoms with E-state index in [0.717, 1.165) is 5.69 Å². The molecule has 1 aromatic heterocycles. The molecule has 5 nitrogen and oxygen atoms in total. The molecular formula is C14H15N3O2S. The molecule has 1 aromatic carbocycles. The van der Waals surface area contributed by atoms with Gasteiger partial charge in [0.2, 0.25) is 5.43 Å². The molecule has 1 heterocycles. The summed E-state index contributed by atoms with van der Waals surface area (Å²) in [5.74, 6) is 0.683. The van der Waals surface area contributed by atoms with Crippen LogP contribution in [0.25, 0.3) is 5.69 Å². The quantitative estimate of drug-likeness (QED) is 0.865. The summed E-state index contributed by atoms with van der Waals surface area (Å²) < 4.78 is 7.19. The van der Waals surface area contributed by atoms with Gasteiger partial charge in [-0.15, -0.1) is 0 Å². The number of benzene rings is 1. The predicted octanol–water partition coefficient (Wildman–Crippen LogP) is 1.57. The highest BCUT2D eigenvalue weighted by molar-refractivity contribution is 7.80. The maximum Gasteiger partial charge on any atom is 0.210 e. The number of nitrogens with two attached hydrogens (primary N) is 1. The maximum atomic E-state index is 11.8. The fourth-order valence-electron chi connectivity index (χ4n) is 1.87. The van der Waals surface area contributed by atoms with Gasteiger partial charge in [-0.3, -0.25) is 4.79 Å². The van der Waals surface area contributed by atoms with E-state index in [1.54, 1.807) is 11.6 Å². The molecule has 0 aliphatic rings. The minimum Gasteiger partial charge on any atom is -0.492 e. The Bertz CT molecular complexity index is 710. The van der Waals surface area contributed by atoms with Gasteiger partial charge in [0.05, 0.1) is 6.61 Å². The van der Waals surface area contributed by atoms with Gasteiger partial charge in [-0.1, -0.05) is 24.4 Å². The zero-order valence-electron chi connectivity index (χ0n) is 11.3. The van der Waals surface area contributed by atoms with Gasteiger partial charge in [0.25, 0.3) is 0 Å². The summed E-state index contributed by atoms with van der Waals surface area (Å²) in [6.45, 7) is 4.24. The number of ether oxygens (including phenoxy) is 1. The average Bonchev–Trinajstić information content (AvgIpc) is 2.40. The molecule has 0 fully saturated rings. The summed E-state index contributed by atoms with van der Waals surface area (Å²) >= 11 is 4.86. The summed E-state index contributed by atoms with van der Waals surface area (Å²) in [5, 5.41) is 4.24. The van der Waals surface area contributed by atoms with Gasteiger partial charge in [0.1, 0.15) is 16.4 Å². The standard InChI is InChI=1S/C14H15N3O2S/c1-3-19-12-7-5-4-6-10(12)17-9(2)8-11(18)13(16-17)14(15)20/h4-8H,3H2,1-2H3,(H2,15,20). The molecule has 0 amide bonds. The number of nitrogens with zero attached hydrogens (tertiary/aromatic N) is 2. The van der Waals surface area contributed by atoms with Gasteiger partial charge in [0, 0.05) is 11.8 Å². The summed E-state index contributed by atoms with van der Waals surface area (Å²) in [7, 11) is 0. The highest BCUT2D eigenvalue weighted by Gasteiger charge is 2.12. The summed E-state index contributed by atoms with van der Waals surface area (Å²) in [6, 6.07) is 8.92. The maximum absolute atomic E-state index is 11.8. The molecule has 104 valence electrons. The smallest absolute Gasteiger partial charge is 0.210 e.